The van der Waals surface area contributed by atoms with Gasteiger partial charge in [0.1, 0.15) is 4.49 Å². The Morgan fingerprint density at radius 1 is 1.32 bits per heavy atom. The summed E-state index contributed by atoms with van der Waals surface area (Å²) in [7, 11) is 0. The molecule has 2 rings (SSSR count). The molecular formula is C15H17Cl2NO. The van der Waals surface area contributed by atoms with E-state index in [9.17, 15) is 4.79 Å². The number of para-hydroxylation sites is 1. The summed E-state index contributed by atoms with van der Waals surface area (Å²) in [5.41, 5.74) is 1.81. The monoisotopic (exact) mass is 297 g/mol. The average molecular weight is 298 g/mol. The number of hydrogen-bond donors (Lipinski definition) is 1. The van der Waals surface area contributed by atoms with E-state index in [2.05, 4.69) is 5.32 Å². The molecule has 1 amide bonds. The molecule has 0 aliphatic heterocycles. The predicted octanol–water partition coefficient (Wildman–Crippen LogP) is 4.52. The van der Waals surface area contributed by atoms with Crippen LogP contribution in [0.2, 0.25) is 0 Å². The molecule has 1 aliphatic carbocycles. The van der Waals surface area contributed by atoms with Crippen LogP contribution in [0.25, 0.3) is 0 Å². The first-order chi connectivity index (χ1) is 8.84. The Kier molecular flexibility index (Phi) is 3.93. The molecule has 1 saturated carbocycles. The van der Waals surface area contributed by atoms with Crippen LogP contribution in [0.5, 0.6) is 0 Å². The van der Waals surface area contributed by atoms with Crippen molar-refractivity contribution in [1.82, 2.24) is 0 Å². The highest BCUT2D eigenvalue weighted by atomic mass is 35.5. The number of allylic oxidation sites excluding steroid dienone is 1. The standard InChI is InChI=1S/C15H17Cl2NO/c1-9-6-4-5-7-11(9)18-14(19)13-10(8-12(16)17)15(13,2)3/h4-8,10,13H,1-3H3,(H,18,19)/t10-,13-/m1/s1. The quantitative estimate of drug-likeness (QED) is 0.873. The number of carbonyl (C=O) groups is 1. The molecule has 1 aromatic carbocycles. The van der Waals surface area contributed by atoms with Gasteiger partial charge in [0.25, 0.3) is 0 Å². The van der Waals surface area contributed by atoms with Crippen molar-refractivity contribution in [2.75, 3.05) is 5.32 Å². The van der Waals surface area contributed by atoms with Crippen LogP contribution in [-0.4, -0.2) is 5.91 Å². The third-order valence-electron chi connectivity index (χ3n) is 3.90. The molecule has 2 nitrogen and oxygen atoms in total. The molecule has 0 spiro atoms. The summed E-state index contributed by atoms with van der Waals surface area (Å²) < 4.78 is 0.226. The van der Waals surface area contributed by atoms with Crippen LogP contribution < -0.4 is 5.32 Å². The lowest BCUT2D eigenvalue weighted by atomic mass is 10.1. The average Bonchev–Trinajstić information content (AvgIpc) is 2.82. The first-order valence-corrected chi connectivity index (χ1v) is 6.99. The summed E-state index contributed by atoms with van der Waals surface area (Å²) in [5.74, 6) is 0.0382. The summed E-state index contributed by atoms with van der Waals surface area (Å²) in [4.78, 5) is 12.3. The number of nitrogens with one attached hydrogen (secondary N) is 1. The van der Waals surface area contributed by atoms with Crippen molar-refractivity contribution in [3.63, 3.8) is 0 Å². The largest absolute Gasteiger partial charge is 0.326 e. The molecule has 0 saturated heterocycles. The summed E-state index contributed by atoms with van der Waals surface area (Å²) in [5, 5.41) is 2.98. The maximum absolute atomic E-state index is 12.3. The van der Waals surface area contributed by atoms with Crippen molar-refractivity contribution in [3.8, 4) is 0 Å². The number of anilines is 1. The second kappa shape index (κ2) is 5.18. The molecule has 0 aromatic heterocycles. The molecule has 0 heterocycles. The van der Waals surface area contributed by atoms with E-state index in [1.807, 2.05) is 45.0 Å². The van der Waals surface area contributed by atoms with Gasteiger partial charge in [0.15, 0.2) is 0 Å². The zero-order valence-corrected chi connectivity index (χ0v) is 12.7. The van der Waals surface area contributed by atoms with Gasteiger partial charge in [-0.3, -0.25) is 4.79 Å². The van der Waals surface area contributed by atoms with Crippen molar-refractivity contribution in [1.29, 1.82) is 0 Å². The van der Waals surface area contributed by atoms with Gasteiger partial charge in [-0.1, -0.05) is 55.2 Å². The minimum atomic E-state index is -0.0954. The minimum absolute atomic E-state index is 0.0233. The predicted molar refractivity (Wildman–Crippen MR) is 80.4 cm³/mol. The molecule has 0 unspecified atom stereocenters. The Hall–Kier alpha value is -0.990. The highest BCUT2D eigenvalue weighted by Gasteiger charge is 2.60. The Morgan fingerprint density at radius 2 is 1.95 bits per heavy atom. The Balaban J connectivity index is 2.10. The molecule has 0 radical (unpaired) electrons. The smallest absolute Gasteiger partial charge is 0.228 e. The van der Waals surface area contributed by atoms with Gasteiger partial charge in [0, 0.05) is 5.69 Å². The fourth-order valence-electron chi connectivity index (χ4n) is 2.55. The number of amides is 1. The number of benzene rings is 1. The Morgan fingerprint density at radius 3 is 2.53 bits per heavy atom. The van der Waals surface area contributed by atoms with Gasteiger partial charge in [-0.05, 0) is 36.0 Å². The van der Waals surface area contributed by atoms with Gasteiger partial charge < -0.3 is 5.32 Å². The van der Waals surface area contributed by atoms with E-state index in [1.54, 1.807) is 6.08 Å². The van der Waals surface area contributed by atoms with E-state index in [0.29, 0.717) is 0 Å². The second-order valence-corrected chi connectivity index (χ2v) is 6.59. The summed E-state index contributed by atoms with van der Waals surface area (Å²) in [6.07, 6.45) is 1.76. The fourth-order valence-corrected chi connectivity index (χ4v) is 2.82. The fraction of sp³-hybridized carbons (Fsp3) is 0.400. The van der Waals surface area contributed by atoms with Crippen molar-refractivity contribution in [3.05, 3.63) is 40.4 Å². The lowest BCUT2D eigenvalue weighted by Gasteiger charge is -2.08. The van der Waals surface area contributed by atoms with Gasteiger partial charge in [-0.25, -0.2) is 0 Å². The van der Waals surface area contributed by atoms with Crippen LogP contribution >= 0.6 is 23.2 Å². The van der Waals surface area contributed by atoms with E-state index in [1.165, 1.54) is 0 Å². The van der Waals surface area contributed by atoms with Crippen LogP contribution in [0.1, 0.15) is 19.4 Å². The third kappa shape index (κ3) is 2.96. The van der Waals surface area contributed by atoms with Crippen LogP contribution in [0.4, 0.5) is 5.69 Å². The number of rotatable bonds is 3. The molecule has 4 heteroatoms. The second-order valence-electron chi connectivity index (χ2n) is 5.59. The third-order valence-corrected chi connectivity index (χ3v) is 4.15. The number of carbonyl (C=O) groups excluding carboxylic acids is 1. The number of hydrogen-bond acceptors (Lipinski definition) is 1. The first-order valence-electron chi connectivity index (χ1n) is 6.23. The minimum Gasteiger partial charge on any atom is -0.326 e. The van der Waals surface area contributed by atoms with Crippen LogP contribution in [0, 0.1) is 24.2 Å². The molecule has 1 N–H and O–H groups in total. The zero-order valence-electron chi connectivity index (χ0n) is 11.2. The molecule has 2 atom stereocenters. The van der Waals surface area contributed by atoms with Crippen molar-refractivity contribution < 1.29 is 4.79 Å². The van der Waals surface area contributed by atoms with Gasteiger partial charge in [0.05, 0.1) is 5.92 Å². The summed E-state index contributed by atoms with van der Waals surface area (Å²) in [6, 6.07) is 7.74. The molecular weight excluding hydrogens is 281 g/mol. The molecule has 1 aliphatic rings. The normalized spacial score (nSPS) is 23.6. The first kappa shape index (κ1) is 14.4. The lowest BCUT2D eigenvalue weighted by molar-refractivity contribution is -0.118. The van der Waals surface area contributed by atoms with Gasteiger partial charge in [0.2, 0.25) is 5.91 Å². The maximum Gasteiger partial charge on any atom is 0.228 e. The van der Waals surface area contributed by atoms with Crippen molar-refractivity contribution >= 4 is 34.8 Å². The highest BCUT2D eigenvalue weighted by molar-refractivity contribution is 6.55. The summed E-state index contributed by atoms with van der Waals surface area (Å²) >= 11 is 11.4. The van der Waals surface area contributed by atoms with Gasteiger partial charge in [-0.2, -0.15) is 0 Å². The van der Waals surface area contributed by atoms with Crippen LogP contribution in [0.15, 0.2) is 34.8 Å². The van der Waals surface area contributed by atoms with E-state index in [0.717, 1.165) is 11.3 Å². The van der Waals surface area contributed by atoms with Crippen LogP contribution in [-0.2, 0) is 4.79 Å². The van der Waals surface area contributed by atoms with E-state index in [4.69, 9.17) is 23.2 Å². The molecule has 0 bridgehead atoms. The molecule has 19 heavy (non-hydrogen) atoms. The van der Waals surface area contributed by atoms with Gasteiger partial charge >= 0.3 is 0 Å². The van der Waals surface area contributed by atoms with Crippen molar-refractivity contribution in [2.45, 2.75) is 20.8 Å². The number of halogens is 2. The SMILES string of the molecule is Cc1ccccc1NC(=O)[C@H]1[C@@H](C=C(Cl)Cl)C1(C)C. The van der Waals surface area contributed by atoms with Crippen LogP contribution in [0.3, 0.4) is 0 Å². The van der Waals surface area contributed by atoms with E-state index in [-0.39, 0.29) is 27.6 Å². The zero-order chi connectivity index (χ0) is 14.2. The Labute approximate surface area is 123 Å². The Bertz CT molecular complexity index is 533. The lowest BCUT2D eigenvalue weighted by Crippen LogP contribution is -2.17. The van der Waals surface area contributed by atoms with Crippen molar-refractivity contribution in [2.24, 2.45) is 17.3 Å². The molecule has 1 fully saturated rings. The van der Waals surface area contributed by atoms with Gasteiger partial charge in [-0.15, -0.1) is 0 Å². The van der Waals surface area contributed by atoms with E-state index < -0.39 is 0 Å². The number of aryl methyl sites for hydroxylation is 1. The topological polar surface area (TPSA) is 29.1 Å². The molecule has 1 aromatic rings. The summed E-state index contributed by atoms with van der Waals surface area (Å²) in [6.45, 7) is 6.07. The van der Waals surface area contributed by atoms with E-state index >= 15 is 0 Å². The highest BCUT2D eigenvalue weighted by Crippen LogP contribution is 2.60. The molecule has 102 valence electrons. The maximum atomic E-state index is 12.3.